The highest BCUT2D eigenvalue weighted by Crippen LogP contribution is 2.30. The van der Waals surface area contributed by atoms with Crippen molar-refractivity contribution in [2.45, 2.75) is 13.5 Å². The second-order valence-corrected chi connectivity index (χ2v) is 6.21. The molecular weight excluding hydrogens is 336 g/mol. The van der Waals surface area contributed by atoms with E-state index in [1.165, 1.54) is 11.9 Å². The smallest absolute Gasteiger partial charge is 0.228 e. The van der Waals surface area contributed by atoms with E-state index in [2.05, 4.69) is 51.6 Å². The lowest BCUT2D eigenvalue weighted by Crippen LogP contribution is -2.02. The van der Waals surface area contributed by atoms with Crippen molar-refractivity contribution in [1.82, 2.24) is 15.1 Å². The Morgan fingerprint density at radius 3 is 2.52 bits per heavy atom. The van der Waals surface area contributed by atoms with Crippen LogP contribution in [0, 0.1) is 6.92 Å². The average Bonchev–Trinajstić information content (AvgIpc) is 3.07. The zero-order chi connectivity index (χ0) is 17.2. The van der Waals surface area contributed by atoms with Crippen LogP contribution in [0.25, 0.3) is 22.4 Å². The molecule has 2 aromatic carbocycles. The van der Waals surface area contributed by atoms with Gasteiger partial charge in [-0.3, -0.25) is 0 Å². The number of hydrogen-bond acceptors (Lipinski definition) is 5. The maximum atomic E-state index is 5.95. The van der Waals surface area contributed by atoms with Crippen LogP contribution in [0.1, 0.15) is 11.1 Å². The third-order valence-electron chi connectivity index (χ3n) is 3.95. The van der Waals surface area contributed by atoms with Crippen molar-refractivity contribution < 1.29 is 4.52 Å². The Morgan fingerprint density at radius 2 is 1.76 bits per heavy atom. The summed E-state index contributed by atoms with van der Waals surface area (Å²) < 4.78 is 5.50. The molecule has 0 aliphatic heterocycles. The van der Waals surface area contributed by atoms with E-state index in [0.29, 0.717) is 34.2 Å². The summed E-state index contributed by atoms with van der Waals surface area (Å²) in [4.78, 5) is 8.61. The molecule has 0 atom stereocenters. The summed E-state index contributed by atoms with van der Waals surface area (Å²) in [5.74, 6) is 0.623. The fourth-order valence-electron chi connectivity index (χ4n) is 2.58. The van der Waals surface area contributed by atoms with Crippen molar-refractivity contribution in [1.29, 1.82) is 0 Å². The highest BCUT2D eigenvalue weighted by atomic mass is 35.5. The van der Waals surface area contributed by atoms with Gasteiger partial charge in [0.15, 0.2) is 5.82 Å². The molecule has 4 aromatic rings. The van der Waals surface area contributed by atoms with E-state index in [-0.39, 0.29) is 0 Å². The van der Waals surface area contributed by atoms with Gasteiger partial charge in [0.1, 0.15) is 17.5 Å². The van der Waals surface area contributed by atoms with Crippen LogP contribution in [0.4, 0.5) is 5.82 Å². The molecule has 6 heteroatoms. The summed E-state index contributed by atoms with van der Waals surface area (Å²) in [6, 6.07) is 15.7. The Morgan fingerprint density at radius 1 is 1.00 bits per heavy atom. The molecule has 4 rings (SSSR count). The van der Waals surface area contributed by atoms with Gasteiger partial charge >= 0.3 is 0 Å². The first kappa shape index (κ1) is 15.6. The summed E-state index contributed by atoms with van der Waals surface area (Å²) in [7, 11) is 0. The van der Waals surface area contributed by atoms with Gasteiger partial charge in [-0.15, -0.1) is 0 Å². The number of aryl methyl sites for hydroxylation is 1. The third kappa shape index (κ3) is 3.19. The largest absolute Gasteiger partial charge is 0.363 e. The number of rotatable bonds is 4. The van der Waals surface area contributed by atoms with E-state index < -0.39 is 0 Å². The van der Waals surface area contributed by atoms with Crippen LogP contribution in [0.5, 0.6) is 0 Å². The fraction of sp³-hybridized carbons (Fsp3) is 0.105. The zero-order valence-electron chi connectivity index (χ0n) is 13.5. The topological polar surface area (TPSA) is 63.8 Å². The number of fused-ring (bicyclic) bond motifs is 1. The Kier molecular flexibility index (Phi) is 4.07. The summed E-state index contributed by atoms with van der Waals surface area (Å²) in [6.45, 7) is 2.71. The van der Waals surface area contributed by atoms with Crippen LogP contribution in [-0.4, -0.2) is 15.1 Å². The second kappa shape index (κ2) is 6.53. The Hall–Kier alpha value is -2.92. The fourth-order valence-corrected chi connectivity index (χ4v) is 2.70. The van der Waals surface area contributed by atoms with E-state index >= 15 is 0 Å². The Bertz CT molecular complexity index is 1010. The van der Waals surface area contributed by atoms with Gasteiger partial charge in [-0.25, -0.2) is 9.97 Å². The van der Waals surface area contributed by atoms with Crippen molar-refractivity contribution in [2.24, 2.45) is 0 Å². The number of nitrogens with one attached hydrogen (secondary N) is 1. The van der Waals surface area contributed by atoms with Crippen LogP contribution in [-0.2, 0) is 6.54 Å². The molecule has 25 heavy (non-hydrogen) atoms. The third-order valence-corrected chi connectivity index (χ3v) is 4.21. The van der Waals surface area contributed by atoms with Gasteiger partial charge in [0.25, 0.3) is 0 Å². The number of halogens is 1. The molecule has 2 heterocycles. The molecule has 0 aliphatic rings. The van der Waals surface area contributed by atoms with Crippen LogP contribution in [0.3, 0.4) is 0 Å². The molecule has 0 saturated heterocycles. The number of hydrogen-bond donors (Lipinski definition) is 1. The van der Waals surface area contributed by atoms with Gasteiger partial charge in [-0.1, -0.05) is 58.7 Å². The summed E-state index contributed by atoms with van der Waals surface area (Å²) >= 11 is 5.95. The monoisotopic (exact) mass is 350 g/mol. The summed E-state index contributed by atoms with van der Waals surface area (Å²) in [5, 5.41) is 8.13. The standard InChI is InChI=1S/C19H15ClN4O/c1-12-2-4-13(5-3-12)10-21-19-18-17(22-11-23-19)16(24-25-18)14-6-8-15(20)9-7-14/h2-9,11H,10H2,1H3,(H,21,22,23). The first-order valence-electron chi connectivity index (χ1n) is 7.86. The molecular formula is C19H15ClN4O. The molecule has 1 N–H and O–H groups in total. The first-order valence-corrected chi connectivity index (χ1v) is 8.24. The lowest BCUT2D eigenvalue weighted by atomic mass is 10.1. The maximum Gasteiger partial charge on any atom is 0.228 e. The summed E-state index contributed by atoms with van der Waals surface area (Å²) in [5.41, 5.74) is 5.17. The van der Waals surface area contributed by atoms with E-state index in [1.54, 1.807) is 0 Å². The highest BCUT2D eigenvalue weighted by Gasteiger charge is 2.16. The van der Waals surface area contributed by atoms with Crippen LogP contribution >= 0.6 is 11.6 Å². The molecule has 0 radical (unpaired) electrons. The molecule has 0 amide bonds. The Balaban J connectivity index is 1.64. The van der Waals surface area contributed by atoms with Gasteiger partial charge in [-0.2, -0.15) is 0 Å². The molecule has 0 spiro atoms. The van der Waals surface area contributed by atoms with E-state index in [9.17, 15) is 0 Å². The molecule has 0 aliphatic carbocycles. The van der Waals surface area contributed by atoms with Crippen molar-refractivity contribution in [3.8, 4) is 11.3 Å². The zero-order valence-corrected chi connectivity index (χ0v) is 14.3. The average molecular weight is 351 g/mol. The second-order valence-electron chi connectivity index (χ2n) is 5.78. The van der Waals surface area contributed by atoms with Crippen molar-refractivity contribution in [2.75, 3.05) is 5.32 Å². The normalized spacial score (nSPS) is 11.0. The van der Waals surface area contributed by atoms with Crippen molar-refractivity contribution in [3.63, 3.8) is 0 Å². The molecule has 5 nitrogen and oxygen atoms in total. The van der Waals surface area contributed by atoms with Crippen LogP contribution < -0.4 is 5.32 Å². The minimum atomic E-state index is 0.541. The van der Waals surface area contributed by atoms with Gasteiger partial charge in [0.05, 0.1) is 0 Å². The minimum absolute atomic E-state index is 0.541. The SMILES string of the molecule is Cc1ccc(CNc2ncnc3c(-c4ccc(Cl)cc4)noc23)cc1. The molecule has 0 bridgehead atoms. The highest BCUT2D eigenvalue weighted by molar-refractivity contribution is 6.30. The lowest BCUT2D eigenvalue weighted by Gasteiger charge is -2.05. The number of anilines is 1. The van der Waals surface area contributed by atoms with E-state index in [0.717, 1.165) is 11.1 Å². The molecule has 124 valence electrons. The van der Waals surface area contributed by atoms with E-state index in [1.807, 2.05) is 24.3 Å². The number of nitrogens with zero attached hydrogens (tertiary/aromatic N) is 3. The van der Waals surface area contributed by atoms with Crippen LogP contribution in [0.15, 0.2) is 59.4 Å². The Labute approximate surface area is 149 Å². The van der Waals surface area contributed by atoms with Crippen molar-refractivity contribution in [3.05, 3.63) is 71.0 Å². The quantitative estimate of drug-likeness (QED) is 0.569. The van der Waals surface area contributed by atoms with E-state index in [4.69, 9.17) is 16.1 Å². The molecule has 0 saturated carbocycles. The molecule has 2 aromatic heterocycles. The van der Waals surface area contributed by atoms with Gasteiger partial charge in [0.2, 0.25) is 5.58 Å². The van der Waals surface area contributed by atoms with Gasteiger partial charge in [-0.05, 0) is 24.6 Å². The number of benzene rings is 2. The first-order chi connectivity index (χ1) is 12.2. The molecule has 0 unspecified atom stereocenters. The maximum absolute atomic E-state index is 5.95. The minimum Gasteiger partial charge on any atom is -0.363 e. The van der Waals surface area contributed by atoms with Gasteiger partial charge < -0.3 is 9.84 Å². The number of aromatic nitrogens is 3. The summed E-state index contributed by atoms with van der Waals surface area (Å²) in [6.07, 6.45) is 1.51. The predicted octanol–water partition coefficient (Wildman–Crippen LogP) is 4.86. The van der Waals surface area contributed by atoms with Crippen molar-refractivity contribution >= 4 is 28.5 Å². The van der Waals surface area contributed by atoms with Gasteiger partial charge in [0, 0.05) is 17.1 Å². The lowest BCUT2D eigenvalue weighted by molar-refractivity contribution is 0.459. The predicted molar refractivity (Wildman–Crippen MR) is 98.6 cm³/mol. The van der Waals surface area contributed by atoms with Crippen LogP contribution in [0.2, 0.25) is 5.02 Å². The molecule has 0 fully saturated rings.